The molecule has 2 rings (SSSR count). The molecule has 1 N–H and O–H groups in total. The lowest BCUT2D eigenvalue weighted by Crippen LogP contribution is -2.10. The topological polar surface area (TPSA) is 47.0 Å². The van der Waals surface area contributed by atoms with Crippen molar-refractivity contribution in [2.24, 2.45) is 0 Å². The minimum absolute atomic E-state index is 0.229. The first-order valence-electron chi connectivity index (χ1n) is 4.31. The van der Waals surface area contributed by atoms with Crippen LogP contribution < -0.4 is 5.32 Å². The largest absolute Gasteiger partial charge is 0.347 e. The van der Waals surface area contributed by atoms with Crippen molar-refractivity contribution in [2.45, 2.75) is 0 Å². The highest BCUT2D eigenvalue weighted by Crippen LogP contribution is 2.05. The summed E-state index contributed by atoms with van der Waals surface area (Å²) in [6, 6.07) is 12.5. The first-order valence-corrected chi connectivity index (χ1v) is 4.31. The zero-order chi connectivity index (χ0) is 9.80. The molecule has 0 atom stereocenters. The van der Waals surface area contributed by atoms with Gasteiger partial charge in [-0.1, -0.05) is 18.2 Å². The van der Waals surface area contributed by atoms with Gasteiger partial charge in [-0.05, 0) is 24.3 Å². The summed E-state index contributed by atoms with van der Waals surface area (Å²) in [5, 5.41) is 3.89. The van der Waals surface area contributed by atoms with Gasteiger partial charge in [-0.3, -0.25) is 4.79 Å². The molecule has 0 saturated heterocycles. The van der Waals surface area contributed by atoms with Crippen molar-refractivity contribution in [3.8, 4) is 0 Å². The van der Waals surface area contributed by atoms with Gasteiger partial charge >= 0.3 is 0 Å². The van der Waals surface area contributed by atoms with Crippen molar-refractivity contribution >= 4 is 11.7 Å². The summed E-state index contributed by atoms with van der Waals surface area (Å²) < 4.78 is 0. The maximum absolute atomic E-state index is 11.5. The standard InChI is InChI=1S/C11H9N2O/c14-11(9-5-2-1-3-6-9)13-10-7-4-8-12-10/h1-8,12H. The van der Waals surface area contributed by atoms with Crippen LogP contribution in [0.15, 0.2) is 48.7 Å². The molecule has 0 aliphatic carbocycles. The summed E-state index contributed by atoms with van der Waals surface area (Å²) in [6.45, 7) is 0. The zero-order valence-electron chi connectivity index (χ0n) is 7.47. The van der Waals surface area contributed by atoms with Crippen LogP contribution in [0.25, 0.3) is 0 Å². The van der Waals surface area contributed by atoms with Gasteiger partial charge in [-0.2, -0.15) is 5.32 Å². The molecule has 0 unspecified atom stereocenters. The third-order valence-corrected chi connectivity index (χ3v) is 1.82. The number of nitrogens with zero attached hydrogens (tertiary/aromatic N) is 1. The van der Waals surface area contributed by atoms with Gasteiger partial charge in [0.2, 0.25) is 0 Å². The van der Waals surface area contributed by atoms with E-state index >= 15 is 0 Å². The average Bonchev–Trinajstić information content (AvgIpc) is 2.72. The van der Waals surface area contributed by atoms with E-state index in [2.05, 4.69) is 10.3 Å². The Hall–Kier alpha value is -2.03. The lowest BCUT2D eigenvalue weighted by Gasteiger charge is -1.98. The van der Waals surface area contributed by atoms with Gasteiger partial charge in [0.05, 0.1) is 0 Å². The fourth-order valence-electron chi connectivity index (χ4n) is 1.15. The highest BCUT2D eigenvalue weighted by molar-refractivity contribution is 5.96. The van der Waals surface area contributed by atoms with Crippen molar-refractivity contribution in [3.63, 3.8) is 0 Å². The number of hydrogen-bond donors (Lipinski definition) is 1. The van der Waals surface area contributed by atoms with Crippen molar-refractivity contribution < 1.29 is 4.79 Å². The molecule has 69 valence electrons. The lowest BCUT2D eigenvalue weighted by molar-refractivity contribution is 0.0968. The van der Waals surface area contributed by atoms with E-state index in [-0.39, 0.29) is 5.91 Å². The maximum Gasteiger partial charge on any atom is 0.278 e. The fourth-order valence-corrected chi connectivity index (χ4v) is 1.15. The molecule has 0 spiro atoms. The van der Waals surface area contributed by atoms with E-state index in [1.54, 1.807) is 30.5 Å². The van der Waals surface area contributed by atoms with Crippen LogP contribution in [-0.2, 0) is 0 Å². The molecular weight excluding hydrogens is 176 g/mol. The van der Waals surface area contributed by atoms with Crippen LogP contribution in [0.5, 0.6) is 0 Å². The number of benzene rings is 1. The second-order valence-corrected chi connectivity index (χ2v) is 2.84. The Morgan fingerprint density at radius 2 is 1.86 bits per heavy atom. The number of carbonyl (C=O) groups is 1. The molecule has 14 heavy (non-hydrogen) atoms. The Labute approximate surface area is 81.8 Å². The highest BCUT2D eigenvalue weighted by atomic mass is 16.1. The third kappa shape index (κ3) is 1.82. The monoisotopic (exact) mass is 185 g/mol. The number of amides is 1. The lowest BCUT2D eigenvalue weighted by atomic mass is 10.2. The third-order valence-electron chi connectivity index (χ3n) is 1.82. The van der Waals surface area contributed by atoms with Gasteiger partial charge in [0.25, 0.3) is 5.91 Å². The summed E-state index contributed by atoms with van der Waals surface area (Å²) in [5.41, 5.74) is 0.599. The first kappa shape index (κ1) is 8.56. The number of hydrogen-bond acceptors (Lipinski definition) is 1. The highest BCUT2D eigenvalue weighted by Gasteiger charge is 2.06. The van der Waals surface area contributed by atoms with Crippen LogP contribution >= 0.6 is 0 Å². The predicted octanol–water partition coefficient (Wildman–Crippen LogP) is 2.09. The van der Waals surface area contributed by atoms with Crippen LogP contribution in [-0.4, -0.2) is 10.9 Å². The molecule has 1 aromatic carbocycles. The number of carbonyl (C=O) groups excluding carboxylic acids is 1. The molecule has 2 aromatic rings. The number of aromatic amines is 1. The SMILES string of the molecule is O=C([N]c1ccc[nH]1)c1ccccc1. The minimum atomic E-state index is -0.229. The van der Waals surface area contributed by atoms with Gasteiger partial charge in [0.1, 0.15) is 5.82 Å². The summed E-state index contributed by atoms with van der Waals surface area (Å²) in [4.78, 5) is 14.4. The van der Waals surface area contributed by atoms with Crippen molar-refractivity contribution in [1.29, 1.82) is 0 Å². The second kappa shape index (κ2) is 3.79. The second-order valence-electron chi connectivity index (χ2n) is 2.84. The summed E-state index contributed by atoms with van der Waals surface area (Å²) in [6.07, 6.45) is 1.73. The molecule has 0 fully saturated rings. The normalized spacial score (nSPS) is 9.71. The van der Waals surface area contributed by atoms with E-state index in [4.69, 9.17) is 0 Å². The van der Waals surface area contributed by atoms with Crippen LogP contribution in [0.3, 0.4) is 0 Å². The Morgan fingerprint density at radius 1 is 1.07 bits per heavy atom. The molecule has 0 aliphatic heterocycles. The zero-order valence-corrected chi connectivity index (χ0v) is 7.47. The number of nitrogens with one attached hydrogen (secondary N) is 1. The average molecular weight is 185 g/mol. The van der Waals surface area contributed by atoms with E-state index in [0.717, 1.165) is 0 Å². The van der Waals surface area contributed by atoms with Crippen LogP contribution in [0.4, 0.5) is 5.82 Å². The van der Waals surface area contributed by atoms with E-state index in [1.807, 2.05) is 18.2 Å². The van der Waals surface area contributed by atoms with E-state index in [0.29, 0.717) is 11.4 Å². The predicted molar refractivity (Wildman–Crippen MR) is 53.4 cm³/mol. The quantitative estimate of drug-likeness (QED) is 0.765. The summed E-state index contributed by atoms with van der Waals surface area (Å²) in [7, 11) is 0. The molecule has 0 bridgehead atoms. The van der Waals surface area contributed by atoms with Gasteiger partial charge < -0.3 is 4.98 Å². The Bertz CT molecular complexity index is 406. The van der Waals surface area contributed by atoms with Crippen molar-refractivity contribution in [1.82, 2.24) is 10.3 Å². The van der Waals surface area contributed by atoms with E-state index in [9.17, 15) is 4.79 Å². The Balaban J connectivity index is 2.11. The molecule has 1 amide bonds. The molecule has 3 heteroatoms. The van der Waals surface area contributed by atoms with Crippen LogP contribution in [0, 0.1) is 0 Å². The first-order chi connectivity index (χ1) is 6.86. The van der Waals surface area contributed by atoms with Crippen molar-refractivity contribution in [2.75, 3.05) is 0 Å². The fraction of sp³-hybridized carbons (Fsp3) is 0. The molecule has 1 radical (unpaired) electrons. The van der Waals surface area contributed by atoms with Crippen LogP contribution in [0.2, 0.25) is 0 Å². The smallest absolute Gasteiger partial charge is 0.278 e. The number of H-pyrrole nitrogens is 1. The molecule has 0 aliphatic rings. The molecular formula is C11H9N2O. The minimum Gasteiger partial charge on any atom is -0.347 e. The molecule has 0 saturated carbocycles. The Kier molecular flexibility index (Phi) is 2.32. The Morgan fingerprint density at radius 3 is 2.50 bits per heavy atom. The van der Waals surface area contributed by atoms with E-state index in [1.165, 1.54) is 0 Å². The maximum atomic E-state index is 11.5. The molecule has 3 nitrogen and oxygen atoms in total. The molecule has 1 heterocycles. The van der Waals surface area contributed by atoms with Gasteiger partial charge in [-0.25, -0.2) is 0 Å². The van der Waals surface area contributed by atoms with Crippen LogP contribution in [0.1, 0.15) is 10.4 Å². The van der Waals surface area contributed by atoms with Crippen molar-refractivity contribution in [3.05, 3.63) is 54.2 Å². The van der Waals surface area contributed by atoms with E-state index < -0.39 is 0 Å². The number of rotatable bonds is 2. The molecule has 1 aromatic heterocycles. The summed E-state index contributed by atoms with van der Waals surface area (Å²) in [5.74, 6) is 0.354. The number of aromatic nitrogens is 1. The van der Waals surface area contributed by atoms with Gasteiger partial charge in [0, 0.05) is 11.8 Å². The van der Waals surface area contributed by atoms with Gasteiger partial charge in [0.15, 0.2) is 0 Å². The summed E-state index contributed by atoms with van der Waals surface area (Å²) >= 11 is 0. The van der Waals surface area contributed by atoms with Gasteiger partial charge in [-0.15, -0.1) is 0 Å².